The van der Waals surface area contributed by atoms with Gasteiger partial charge in [0.25, 0.3) is 11.8 Å². The highest BCUT2D eigenvalue weighted by Gasteiger charge is 2.32. The molecule has 4 heterocycles. The van der Waals surface area contributed by atoms with Crippen molar-refractivity contribution >= 4 is 70.3 Å². The molecular formula is C56H70Cl4N8O8. The molecule has 0 saturated heterocycles. The van der Waals surface area contributed by atoms with E-state index in [0.717, 1.165) is 94.7 Å². The van der Waals surface area contributed by atoms with E-state index >= 15 is 0 Å². The number of unbranched alkanes of at least 4 members (excludes halogenated alkanes) is 1. The number of ether oxygens (including phenoxy) is 4. The number of benzene rings is 4. The van der Waals surface area contributed by atoms with E-state index in [1.807, 2.05) is 34.1 Å². The average Bonchev–Trinajstić information content (AvgIpc) is 3.42. The number of fused-ring (bicyclic) bond motifs is 4. The van der Waals surface area contributed by atoms with Crippen molar-refractivity contribution in [2.45, 2.75) is 50.6 Å². The van der Waals surface area contributed by atoms with Gasteiger partial charge in [0, 0.05) is 122 Å². The fourth-order valence-electron chi connectivity index (χ4n) is 10.5. The van der Waals surface area contributed by atoms with Gasteiger partial charge in [0.05, 0.1) is 52.9 Å². The molecule has 2 atom stereocenters. The summed E-state index contributed by atoms with van der Waals surface area (Å²) in [4.78, 5) is 59.3. The second-order valence-electron chi connectivity index (χ2n) is 19.8. The molecule has 0 bridgehead atoms. The van der Waals surface area contributed by atoms with Gasteiger partial charge in [-0.05, 0) is 121 Å². The number of carbonyl (C=O) groups is 4. The minimum atomic E-state index is -0.284. The van der Waals surface area contributed by atoms with Gasteiger partial charge in [0.1, 0.15) is 0 Å². The predicted octanol–water partition coefficient (Wildman–Crippen LogP) is 7.60. The Bertz CT molecular complexity index is 2500. The van der Waals surface area contributed by atoms with Gasteiger partial charge in [-0.2, -0.15) is 0 Å². The minimum absolute atomic E-state index is 0.0137. The number of hydrogen-bond acceptors (Lipinski definition) is 10. The first-order valence-electron chi connectivity index (χ1n) is 26.3. The van der Waals surface area contributed by atoms with E-state index in [9.17, 15) is 19.2 Å². The van der Waals surface area contributed by atoms with E-state index in [-0.39, 0.29) is 35.7 Å². The molecule has 0 fully saturated rings. The number of carbonyl (C=O) groups excluding carboxylic acids is 4. The van der Waals surface area contributed by atoms with E-state index in [4.69, 9.17) is 65.4 Å². The van der Waals surface area contributed by atoms with E-state index in [2.05, 4.69) is 69.4 Å². The van der Waals surface area contributed by atoms with Crippen molar-refractivity contribution in [2.75, 3.05) is 132 Å². The van der Waals surface area contributed by atoms with Crippen LogP contribution in [0.25, 0.3) is 0 Å². The zero-order valence-corrected chi connectivity index (χ0v) is 46.5. The van der Waals surface area contributed by atoms with E-state index in [1.54, 1.807) is 12.1 Å². The van der Waals surface area contributed by atoms with Gasteiger partial charge in [-0.3, -0.25) is 9.59 Å². The summed E-state index contributed by atoms with van der Waals surface area (Å²) in [5.41, 5.74) is 10.4. The Balaban J connectivity index is 0.580. The maximum Gasteiger partial charge on any atom is 0.314 e. The summed E-state index contributed by atoms with van der Waals surface area (Å²) in [6.07, 6.45) is 2.94. The molecule has 0 aromatic heterocycles. The summed E-state index contributed by atoms with van der Waals surface area (Å²) in [5, 5.41) is 13.8. The first-order chi connectivity index (χ1) is 36.8. The molecule has 4 aromatic carbocycles. The van der Waals surface area contributed by atoms with Crippen molar-refractivity contribution in [3.05, 3.63) is 136 Å². The summed E-state index contributed by atoms with van der Waals surface area (Å²) in [5.74, 6) is 0.265. The first kappa shape index (κ1) is 57.5. The molecule has 0 aliphatic carbocycles. The number of hydrogen-bond donors (Lipinski definition) is 4. The zero-order chi connectivity index (χ0) is 53.6. The number of rotatable bonds is 25. The molecule has 0 saturated carbocycles. The topological polar surface area (TPSA) is 166 Å². The van der Waals surface area contributed by atoms with Gasteiger partial charge >= 0.3 is 12.1 Å². The van der Waals surface area contributed by atoms with Crippen LogP contribution in [-0.4, -0.2) is 176 Å². The number of urea groups is 2. The molecule has 2 unspecified atom stereocenters. The summed E-state index contributed by atoms with van der Waals surface area (Å²) in [6.45, 7) is 10.1. The van der Waals surface area contributed by atoms with Crippen LogP contribution < -0.4 is 21.3 Å². The molecule has 0 spiro atoms. The van der Waals surface area contributed by atoms with Crippen LogP contribution in [0.1, 0.15) is 89.9 Å². The highest BCUT2D eigenvalue weighted by Crippen LogP contribution is 2.41. The third-order valence-corrected chi connectivity index (χ3v) is 15.5. The molecule has 410 valence electrons. The number of halogens is 4. The van der Waals surface area contributed by atoms with Crippen molar-refractivity contribution < 1.29 is 38.1 Å². The lowest BCUT2D eigenvalue weighted by atomic mass is 9.83. The highest BCUT2D eigenvalue weighted by atomic mass is 35.5. The van der Waals surface area contributed by atoms with E-state index in [1.165, 1.54) is 0 Å². The van der Waals surface area contributed by atoms with Crippen LogP contribution in [0.5, 0.6) is 0 Å². The van der Waals surface area contributed by atoms with Crippen LogP contribution in [0.2, 0.25) is 20.1 Å². The second-order valence-corrected chi connectivity index (χ2v) is 21.5. The van der Waals surface area contributed by atoms with Crippen LogP contribution in [0.15, 0.2) is 60.7 Å². The Hall–Kier alpha value is -4.72. The van der Waals surface area contributed by atoms with Crippen LogP contribution in [0, 0.1) is 0 Å². The van der Waals surface area contributed by atoms with Gasteiger partial charge in [0.15, 0.2) is 0 Å². The fraction of sp³-hybridized carbons (Fsp3) is 0.500. The molecule has 4 aliphatic rings. The number of nitrogens with zero attached hydrogens (tertiary/aromatic N) is 4. The van der Waals surface area contributed by atoms with Crippen molar-refractivity contribution in [3.63, 3.8) is 0 Å². The number of nitrogens with one attached hydrogen (secondary N) is 4. The van der Waals surface area contributed by atoms with Crippen LogP contribution in [-0.2, 0) is 44.9 Å². The van der Waals surface area contributed by atoms with E-state index < -0.39 is 0 Å². The molecule has 76 heavy (non-hydrogen) atoms. The highest BCUT2D eigenvalue weighted by molar-refractivity contribution is 6.35. The SMILES string of the molecule is CN1Cc2c(Cl)cc(Cl)cc2C(c2ccc3c(c2)CCN(CCOCCOCCNC(=O)NCCCCNC(=O)NCCOCCOCCN2CCc4cc(C5CN(C)Cc6c(Cl)cc(Cl)cc65)ccc4C2=O)C3=O)C1. The molecule has 6 amide bonds. The summed E-state index contributed by atoms with van der Waals surface area (Å²) in [7, 11) is 4.18. The Morgan fingerprint density at radius 2 is 0.921 bits per heavy atom. The quantitative estimate of drug-likeness (QED) is 0.0486. The lowest BCUT2D eigenvalue weighted by Crippen LogP contribution is -2.40. The molecule has 4 aromatic rings. The molecule has 4 N–H and O–H groups in total. The zero-order valence-electron chi connectivity index (χ0n) is 43.5. The summed E-state index contributed by atoms with van der Waals surface area (Å²) in [6, 6.07) is 19.4. The lowest BCUT2D eigenvalue weighted by Gasteiger charge is -2.34. The van der Waals surface area contributed by atoms with E-state index in [0.29, 0.717) is 138 Å². The monoisotopic (exact) mass is 1120 g/mol. The first-order valence-corrected chi connectivity index (χ1v) is 27.9. The Kier molecular flexibility index (Phi) is 21.4. The maximum atomic E-state index is 13.4. The van der Waals surface area contributed by atoms with Crippen molar-refractivity contribution in [1.29, 1.82) is 0 Å². The Labute approximate surface area is 466 Å². The van der Waals surface area contributed by atoms with Crippen LogP contribution >= 0.6 is 46.4 Å². The molecular weight excluding hydrogens is 1050 g/mol. The molecule has 20 heteroatoms. The normalized spacial score (nSPS) is 17.4. The number of likely N-dealkylation sites (N-methyl/N-ethyl adjacent to an activating group) is 2. The Morgan fingerprint density at radius 3 is 1.34 bits per heavy atom. The van der Waals surface area contributed by atoms with Gasteiger partial charge in [-0.1, -0.05) is 70.7 Å². The third kappa shape index (κ3) is 15.5. The van der Waals surface area contributed by atoms with Crippen molar-refractivity contribution in [1.82, 2.24) is 40.9 Å². The molecule has 8 rings (SSSR count). The minimum Gasteiger partial charge on any atom is -0.377 e. The standard InChI is InChI=1S/C56H70Cl4N8O8/c1-65-33-47(45-29-41(57)31-51(59)49(45)35-65)37-5-7-43-39(27-37)9-15-67(53(43)69)17-21-75-25-23-73-19-13-63-55(71)61-11-3-4-12-62-56(72)64-14-20-74-24-26-76-22-18-68-16-10-40-28-38(6-8-44(40)54(68)70)48-34-66(2)36-50-46(48)30-42(58)32-52(50)60/h5-8,27-32,47-48H,3-4,9-26,33-36H2,1-2H3,(H2,61,63,71)(H2,62,64,72). The predicted molar refractivity (Wildman–Crippen MR) is 297 cm³/mol. The van der Waals surface area contributed by atoms with Crippen LogP contribution in [0.4, 0.5) is 9.59 Å². The summed E-state index contributed by atoms with van der Waals surface area (Å²) >= 11 is 26.0. The van der Waals surface area contributed by atoms with Crippen molar-refractivity contribution in [2.24, 2.45) is 0 Å². The van der Waals surface area contributed by atoms with Gasteiger partial charge < -0.3 is 59.8 Å². The second kappa shape index (κ2) is 28.2. The summed E-state index contributed by atoms with van der Waals surface area (Å²) < 4.78 is 22.7. The lowest BCUT2D eigenvalue weighted by molar-refractivity contribution is 0.0364. The van der Waals surface area contributed by atoms with Gasteiger partial charge in [-0.15, -0.1) is 0 Å². The molecule has 16 nitrogen and oxygen atoms in total. The Morgan fingerprint density at radius 1 is 0.526 bits per heavy atom. The molecule has 4 aliphatic heterocycles. The van der Waals surface area contributed by atoms with Crippen molar-refractivity contribution in [3.8, 4) is 0 Å². The maximum absolute atomic E-state index is 13.4. The van der Waals surface area contributed by atoms with Crippen LogP contribution in [0.3, 0.4) is 0 Å². The molecule has 0 radical (unpaired) electrons. The van der Waals surface area contributed by atoms with Gasteiger partial charge in [-0.25, -0.2) is 9.59 Å². The average molecular weight is 1130 g/mol. The fourth-order valence-corrected chi connectivity index (χ4v) is 11.6. The van der Waals surface area contributed by atoms with Gasteiger partial charge in [0.2, 0.25) is 0 Å². The smallest absolute Gasteiger partial charge is 0.314 e. The largest absolute Gasteiger partial charge is 0.377 e. The third-order valence-electron chi connectivity index (χ3n) is 14.4. The number of amides is 6.